The normalized spacial score (nSPS) is 11.9. The standard InChI is InChI=1S/C12H18N2O2/c1-3-5-10-6-4-7-11(8-10)16-9(2)12(15)14-13/h4,6-9H,3,5,13H2,1-2H3,(H,14,15)/t9-/m0/s1. The first-order valence-corrected chi connectivity index (χ1v) is 5.43. The maximum atomic E-state index is 11.2. The van der Waals surface area contributed by atoms with Gasteiger partial charge in [-0.3, -0.25) is 10.2 Å². The van der Waals surface area contributed by atoms with Crippen molar-refractivity contribution in [3.05, 3.63) is 29.8 Å². The summed E-state index contributed by atoms with van der Waals surface area (Å²) in [5.41, 5.74) is 3.27. The third-order valence-corrected chi connectivity index (χ3v) is 2.26. The number of carbonyl (C=O) groups is 1. The topological polar surface area (TPSA) is 64.3 Å². The van der Waals surface area contributed by atoms with Gasteiger partial charge in [0.2, 0.25) is 0 Å². The number of amides is 1. The minimum atomic E-state index is -0.582. The second kappa shape index (κ2) is 6.12. The lowest BCUT2D eigenvalue weighted by atomic mass is 10.1. The van der Waals surface area contributed by atoms with E-state index < -0.39 is 6.10 Å². The second-order valence-corrected chi connectivity index (χ2v) is 3.67. The number of hydrazine groups is 1. The number of benzene rings is 1. The van der Waals surface area contributed by atoms with Crippen molar-refractivity contribution < 1.29 is 9.53 Å². The first-order valence-electron chi connectivity index (χ1n) is 5.43. The summed E-state index contributed by atoms with van der Waals surface area (Å²) in [6.45, 7) is 3.78. The lowest BCUT2D eigenvalue weighted by Crippen LogP contribution is -2.40. The molecule has 0 aliphatic rings. The Labute approximate surface area is 95.8 Å². The molecule has 0 heterocycles. The molecule has 3 N–H and O–H groups in total. The van der Waals surface area contributed by atoms with Crippen LogP contribution < -0.4 is 16.0 Å². The van der Waals surface area contributed by atoms with Gasteiger partial charge in [-0.15, -0.1) is 0 Å². The van der Waals surface area contributed by atoms with Gasteiger partial charge in [0.1, 0.15) is 5.75 Å². The average Bonchev–Trinajstić information content (AvgIpc) is 2.29. The molecule has 1 aromatic carbocycles. The van der Waals surface area contributed by atoms with Crippen LogP contribution >= 0.6 is 0 Å². The summed E-state index contributed by atoms with van der Waals surface area (Å²) in [5.74, 6) is 5.39. The first kappa shape index (κ1) is 12.5. The minimum absolute atomic E-state index is 0.333. The Kier molecular flexibility index (Phi) is 4.79. The molecule has 1 rings (SSSR count). The molecule has 0 radical (unpaired) electrons. The molecular formula is C12H18N2O2. The minimum Gasteiger partial charge on any atom is -0.481 e. The van der Waals surface area contributed by atoms with Gasteiger partial charge in [-0.05, 0) is 31.0 Å². The van der Waals surface area contributed by atoms with E-state index in [0.29, 0.717) is 5.75 Å². The van der Waals surface area contributed by atoms with Crippen LogP contribution in [0.15, 0.2) is 24.3 Å². The summed E-state index contributed by atoms with van der Waals surface area (Å²) < 4.78 is 5.46. The molecule has 4 heteroatoms. The van der Waals surface area contributed by atoms with Gasteiger partial charge in [-0.25, -0.2) is 5.84 Å². The van der Waals surface area contributed by atoms with Crippen molar-refractivity contribution in [2.24, 2.45) is 5.84 Å². The SMILES string of the molecule is CCCc1cccc(O[C@@H](C)C(=O)NN)c1. The van der Waals surface area contributed by atoms with Gasteiger partial charge in [0.25, 0.3) is 5.91 Å². The van der Waals surface area contributed by atoms with Gasteiger partial charge < -0.3 is 4.74 Å². The molecule has 0 saturated carbocycles. The van der Waals surface area contributed by atoms with Crippen LogP contribution in [0.3, 0.4) is 0 Å². The predicted octanol–water partition coefficient (Wildman–Crippen LogP) is 1.40. The van der Waals surface area contributed by atoms with Crippen LogP contribution in [0.4, 0.5) is 0 Å². The van der Waals surface area contributed by atoms with Crippen molar-refractivity contribution in [3.63, 3.8) is 0 Å². The van der Waals surface area contributed by atoms with Crippen LogP contribution in [0.1, 0.15) is 25.8 Å². The molecule has 88 valence electrons. The first-order chi connectivity index (χ1) is 7.67. The van der Waals surface area contributed by atoms with Crippen LogP contribution in [0.2, 0.25) is 0 Å². The maximum absolute atomic E-state index is 11.2. The lowest BCUT2D eigenvalue weighted by Gasteiger charge is -2.13. The highest BCUT2D eigenvalue weighted by Crippen LogP contribution is 2.16. The Hall–Kier alpha value is -1.55. The second-order valence-electron chi connectivity index (χ2n) is 3.67. The molecule has 4 nitrogen and oxygen atoms in total. The summed E-state index contributed by atoms with van der Waals surface area (Å²) in [7, 11) is 0. The number of hydrogen-bond acceptors (Lipinski definition) is 3. The van der Waals surface area contributed by atoms with Crippen molar-refractivity contribution in [3.8, 4) is 5.75 Å². The molecule has 0 aromatic heterocycles. The Bertz CT molecular complexity index is 353. The highest BCUT2D eigenvalue weighted by atomic mass is 16.5. The van der Waals surface area contributed by atoms with Crippen molar-refractivity contribution in [1.82, 2.24) is 5.43 Å². The fraction of sp³-hybridized carbons (Fsp3) is 0.417. The van der Waals surface area contributed by atoms with Gasteiger partial charge >= 0.3 is 0 Å². The van der Waals surface area contributed by atoms with Crippen molar-refractivity contribution in [2.75, 3.05) is 0 Å². The molecule has 0 unspecified atom stereocenters. The molecule has 0 bridgehead atoms. The van der Waals surface area contributed by atoms with E-state index in [1.165, 1.54) is 5.56 Å². The maximum Gasteiger partial charge on any atom is 0.274 e. The number of carbonyl (C=O) groups excluding carboxylic acids is 1. The number of nitrogens with one attached hydrogen (secondary N) is 1. The molecule has 0 aliphatic carbocycles. The Balaban J connectivity index is 2.66. The zero-order chi connectivity index (χ0) is 12.0. The van der Waals surface area contributed by atoms with Crippen LogP contribution in [-0.4, -0.2) is 12.0 Å². The van der Waals surface area contributed by atoms with Gasteiger partial charge in [0, 0.05) is 0 Å². The molecule has 1 aromatic rings. The molecule has 0 saturated heterocycles. The fourth-order valence-electron chi connectivity index (χ4n) is 1.44. The van der Waals surface area contributed by atoms with Gasteiger partial charge in [0.15, 0.2) is 6.10 Å². The van der Waals surface area contributed by atoms with E-state index in [2.05, 4.69) is 12.3 Å². The van der Waals surface area contributed by atoms with E-state index in [9.17, 15) is 4.79 Å². The van der Waals surface area contributed by atoms with Gasteiger partial charge in [0.05, 0.1) is 0 Å². The zero-order valence-electron chi connectivity index (χ0n) is 9.69. The van der Waals surface area contributed by atoms with E-state index in [1.54, 1.807) is 6.92 Å². The van der Waals surface area contributed by atoms with E-state index in [1.807, 2.05) is 24.3 Å². The van der Waals surface area contributed by atoms with E-state index in [0.717, 1.165) is 12.8 Å². The summed E-state index contributed by atoms with van der Waals surface area (Å²) in [5, 5.41) is 0. The van der Waals surface area contributed by atoms with Crippen LogP contribution in [0.5, 0.6) is 5.75 Å². The summed E-state index contributed by atoms with van der Waals surface area (Å²) in [4.78, 5) is 11.2. The Morgan fingerprint density at radius 3 is 2.94 bits per heavy atom. The Morgan fingerprint density at radius 1 is 1.56 bits per heavy atom. The van der Waals surface area contributed by atoms with Crippen LogP contribution in [-0.2, 0) is 11.2 Å². The van der Waals surface area contributed by atoms with Gasteiger partial charge in [-0.1, -0.05) is 25.5 Å². The Morgan fingerprint density at radius 2 is 2.31 bits per heavy atom. The zero-order valence-corrected chi connectivity index (χ0v) is 9.69. The van der Waals surface area contributed by atoms with E-state index >= 15 is 0 Å². The highest BCUT2D eigenvalue weighted by molar-refractivity contribution is 5.80. The molecular weight excluding hydrogens is 204 g/mol. The molecule has 0 spiro atoms. The smallest absolute Gasteiger partial charge is 0.274 e. The van der Waals surface area contributed by atoms with Gasteiger partial charge in [-0.2, -0.15) is 0 Å². The number of hydrogen-bond donors (Lipinski definition) is 2. The molecule has 16 heavy (non-hydrogen) atoms. The number of aryl methyl sites for hydroxylation is 1. The predicted molar refractivity (Wildman–Crippen MR) is 62.9 cm³/mol. The summed E-state index contributed by atoms with van der Waals surface area (Å²) >= 11 is 0. The van der Waals surface area contributed by atoms with Crippen LogP contribution in [0, 0.1) is 0 Å². The van der Waals surface area contributed by atoms with Crippen LogP contribution in [0.25, 0.3) is 0 Å². The molecule has 0 aliphatic heterocycles. The molecule has 1 amide bonds. The van der Waals surface area contributed by atoms with Crippen molar-refractivity contribution in [2.45, 2.75) is 32.8 Å². The monoisotopic (exact) mass is 222 g/mol. The quantitative estimate of drug-likeness (QED) is 0.449. The number of nitrogens with two attached hydrogens (primary N) is 1. The summed E-state index contributed by atoms with van der Waals surface area (Å²) in [6, 6.07) is 7.75. The largest absolute Gasteiger partial charge is 0.481 e. The third-order valence-electron chi connectivity index (χ3n) is 2.26. The number of ether oxygens (including phenoxy) is 1. The lowest BCUT2D eigenvalue weighted by molar-refractivity contribution is -0.127. The highest BCUT2D eigenvalue weighted by Gasteiger charge is 2.12. The molecule has 0 fully saturated rings. The van der Waals surface area contributed by atoms with E-state index in [-0.39, 0.29) is 5.91 Å². The third kappa shape index (κ3) is 3.55. The average molecular weight is 222 g/mol. The van der Waals surface area contributed by atoms with Crippen molar-refractivity contribution in [1.29, 1.82) is 0 Å². The number of rotatable bonds is 5. The van der Waals surface area contributed by atoms with Crippen molar-refractivity contribution >= 4 is 5.91 Å². The van der Waals surface area contributed by atoms with E-state index in [4.69, 9.17) is 10.6 Å². The molecule has 1 atom stereocenters. The fourth-order valence-corrected chi connectivity index (χ4v) is 1.44. The summed E-state index contributed by atoms with van der Waals surface area (Å²) in [6.07, 6.45) is 1.51.